The molecule has 8 nitrogen and oxygen atoms in total. The molecule has 0 aromatic heterocycles. The number of amides is 3. The van der Waals surface area contributed by atoms with Crippen LogP contribution in [0.5, 0.6) is 11.5 Å². The summed E-state index contributed by atoms with van der Waals surface area (Å²) in [6.07, 6.45) is 1.39. The molecule has 152 valence electrons. The van der Waals surface area contributed by atoms with E-state index in [2.05, 4.69) is 10.6 Å². The number of methoxy groups -OCH3 is 1. The molecule has 0 spiro atoms. The Morgan fingerprint density at radius 1 is 1.14 bits per heavy atom. The van der Waals surface area contributed by atoms with Crippen LogP contribution in [0, 0.1) is 0 Å². The summed E-state index contributed by atoms with van der Waals surface area (Å²) < 4.78 is 10.8. The highest BCUT2D eigenvalue weighted by molar-refractivity contribution is 5.96. The molecule has 1 aliphatic rings. The van der Waals surface area contributed by atoms with Crippen LogP contribution in [0.3, 0.4) is 0 Å². The summed E-state index contributed by atoms with van der Waals surface area (Å²) in [5, 5.41) is 5.37. The molecular formula is C21H23N3O5. The number of rotatable bonds is 7. The van der Waals surface area contributed by atoms with Crippen LogP contribution in [0.15, 0.2) is 42.5 Å². The zero-order valence-corrected chi connectivity index (χ0v) is 16.4. The first-order valence-electron chi connectivity index (χ1n) is 9.25. The average Bonchev–Trinajstić information content (AvgIpc) is 3.12. The average molecular weight is 397 g/mol. The second kappa shape index (κ2) is 9.09. The molecule has 1 fully saturated rings. The molecule has 29 heavy (non-hydrogen) atoms. The van der Waals surface area contributed by atoms with Crippen LogP contribution in [-0.2, 0) is 14.4 Å². The van der Waals surface area contributed by atoms with Crippen molar-refractivity contribution in [3.63, 3.8) is 0 Å². The third kappa shape index (κ3) is 5.25. The minimum atomic E-state index is -0.383. The summed E-state index contributed by atoms with van der Waals surface area (Å²) in [7, 11) is 1.49. The van der Waals surface area contributed by atoms with Crippen LogP contribution in [0.2, 0.25) is 0 Å². The summed E-state index contributed by atoms with van der Waals surface area (Å²) in [6, 6.07) is 12.0. The fourth-order valence-corrected chi connectivity index (χ4v) is 3.08. The monoisotopic (exact) mass is 397 g/mol. The maximum Gasteiger partial charge on any atom is 0.262 e. The van der Waals surface area contributed by atoms with Crippen molar-refractivity contribution in [3.8, 4) is 11.5 Å². The van der Waals surface area contributed by atoms with Gasteiger partial charge in [0.25, 0.3) is 5.91 Å². The van der Waals surface area contributed by atoms with Gasteiger partial charge in [-0.1, -0.05) is 6.07 Å². The van der Waals surface area contributed by atoms with Crippen LogP contribution in [-0.4, -0.2) is 38.0 Å². The van der Waals surface area contributed by atoms with Gasteiger partial charge in [-0.2, -0.15) is 0 Å². The first kappa shape index (κ1) is 20.2. The van der Waals surface area contributed by atoms with Gasteiger partial charge in [-0.15, -0.1) is 0 Å². The Morgan fingerprint density at radius 2 is 1.97 bits per heavy atom. The number of carbonyl (C=O) groups excluding carboxylic acids is 3. The van der Waals surface area contributed by atoms with Crippen LogP contribution in [0.4, 0.5) is 17.1 Å². The Balaban J connectivity index is 1.63. The molecule has 2 aromatic rings. The smallest absolute Gasteiger partial charge is 0.262 e. The van der Waals surface area contributed by atoms with E-state index >= 15 is 0 Å². The van der Waals surface area contributed by atoms with Gasteiger partial charge in [-0.25, -0.2) is 0 Å². The summed E-state index contributed by atoms with van der Waals surface area (Å²) in [6.45, 7) is 1.87. The van der Waals surface area contributed by atoms with Gasteiger partial charge < -0.3 is 25.0 Å². The number of anilines is 3. The first-order valence-corrected chi connectivity index (χ1v) is 9.25. The van der Waals surface area contributed by atoms with E-state index in [1.165, 1.54) is 14.0 Å². The normalized spacial score (nSPS) is 13.2. The van der Waals surface area contributed by atoms with E-state index in [1.807, 2.05) is 6.07 Å². The Hall–Kier alpha value is -3.55. The highest BCUT2D eigenvalue weighted by Crippen LogP contribution is 2.28. The van der Waals surface area contributed by atoms with Gasteiger partial charge in [0.1, 0.15) is 11.5 Å². The van der Waals surface area contributed by atoms with Crippen LogP contribution in [0.25, 0.3) is 0 Å². The van der Waals surface area contributed by atoms with Gasteiger partial charge in [0.05, 0.1) is 12.8 Å². The highest BCUT2D eigenvalue weighted by atomic mass is 16.5. The molecule has 8 heteroatoms. The molecule has 2 N–H and O–H groups in total. The lowest BCUT2D eigenvalue weighted by Crippen LogP contribution is -2.24. The minimum absolute atomic E-state index is 0.0889. The molecule has 0 saturated carbocycles. The second-order valence-electron chi connectivity index (χ2n) is 6.58. The third-order valence-electron chi connectivity index (χ3n) is 4.37. The van der Waals surface area contributed by atoms with Crippen LogP contribution < -0.4 is 25.0 Å². The van der Waals surface area contributed by atoms with E-state index in [-0.39, 0.29) is 24.3 Å². The van der Waals surface area contributed by atoms with Crippen molar-refractivity contribution in [2.75, 3.05) is 35.8 Å². The number of ether oxygens (including phenoxy) is 2. The summed E-state index contributed by atoms with van der Waals surface area (Å²) >= 11 is 0. The predicted octanol–water partition coefficient (Wildman–Crippen LogP) is 2.80. The zero-order chi connectivity index (χ0) is 20.8. The molecule has 3 rings (SSSR count). The number of hydrogen-bond acceptors (Lipinski definition) is 5. The number of nitrogens with one attached hydrogen (secondary N) is 2. The molecule has 0 unspecified atom stereocenters. The lowest BCUT2D eigenvalue weighted by Gasteiger charge is -2.17. The van der Waals surface area contributed by atoms with Gasteiger partial charge in [-0.05, 0) is 36.8 Å². The zero-order valence-electron chi connectivity index (χ0n) is 16.4. The fourth-order valence-electron chi connectivity index (χ4n) is 3.08. The Kier molecular flexibility index (Phi) is 6.33. The second-order valence-corrected chi connectivity index (χ2v) is 6.58. The highest BCUT2D eigenvalue weighted by Gasteiger charge is 2.21. The largest absolute Gasteiger partial charge is 0.495 e. The van der Waals surface area contributed by atoms with Gasteiger partial charge in [0.15, 0.2) is 6.61 Å². The van der Waals surface area contributed by atoms with E-state index in [4.69, 9.17) is 9.47 Å². The van der Waals surface area contributed by atoms with Crippen molar-refractivity contribution in [1.82, 2.24) is 0 Å². The first-order chi connectivity index (χ1) is 14.0. The van der Waals surface area contributed by atoms with E-state index in [0.717, 1.165) is 12.1 Å². The minimum Gasteiger partial charge on any atom is -0.495 e. The SMILES string of the molecule is COc1ccc(NC(C)=O)cc1NC(=O)COc1cccc(N2CCCC2=O)c1. The number of nitrogens with zero attached hydrogens (tertiary/aromatic N) is 1. The maximum atomic E-state index is 12.3. The number of carbonyl (C=O) groups is 3. The van der Waals surface area contributed by atoms with E-state index in [0.29, 0.717) is 35.8 Å². The van der Waals surface area contributed by atoms with Gasteiger partial charge in [0.2, 0.25) is 11.8 Å². The molecule has 1 saturated heterocycles. The maximum absolute atomic E-state index is 12.3. The molecule has 0 atom stereocenters. The lowest BCUT2D eigenvalue weighted by molar-refractivity contribution is -0.118. The fraction of sp³-hybridized carbons (Fsp3) is 0.286. The van der Waals surface area contributed by atoms with E-state index in [9.17, 15) is 14.4 Å². The molecular weight excluding hydrogens is 374 g/mol. The molecule has 0 radical (unpaired) electrons. The molecule has 1 aliphatic heterocycles. The van der Waals surface area contributed by atoms with Crippen molar-refractivity contribution in [3.05, 3.63) is 42.5 Å². The summed E-state index contributed by atoms with van der Waals surface area (Å²) in [5.41, 5.74) is 1.72. The molecule has 0 bridgehead atoms. The Bertz CT molecular complexity index is 928. The van der Waals surface area contributed by atoms with Crippen LogP contribution >= 0.6 is 0 Å². The Morgan fingerprint density at radius 3 is 2.66 bits per heavy atom. The quantitative estimate of drug-likeness (QED) is 0.749. The summed E-state index contributed by atoms with van der Waals surface area (Å²) in [4.78, 5) is 37.2. The van der Waals surface area contributed by atoms with Crippen molar-refractivity contribution < 1.29 is 23.9 Å². The van der Waals surface area contributed by atoms with Crippen molar-refractivity contribution in [1.29, 1.82) is 0 Å². The molecule has 2 aromatic carbocycles. The standard InChI is InChI=1S/C21H23N3O5/c1-14(25)22-15-8-9-19(28-2)18(11-15)23-20(26)13-29-17-6-3-5-16(12-17)24-10-4-7-21(24)27/h3,5-6,8-9,11-12H,4,7,10,13H2,1-2H3,(H,22,25)(H,23,26). The number of hydrogen-bond donors (Lipinski definition) is 2. The molecule has 1 heterocycles. The number of benzene rings is 2. The van der Waals surface area contributed by atoms with Crippen LogP contribution in [0.1, 0.15) is 19.8 Å². The van der Waals surface area contributed by atoms with Crippen molar-refractivity contribution in [2.24, 2.45) is 0 Å². The van der Waals surface area contributed by atoms with E-state index < -0.39 is 0 Å². The van der Waals surface area contributed by atoms with Crippen molar-refractivity contribution >= 4 is 34.8 Å². The predicted molar refractivity (Wildman–Crippen MR) is 109 cm³/mol. The Labute approximate surface area is 168 Å². The topological polar surface area (TPSA) is 97.0 Å². The van der Waals surface area contributed by atoms with Gasteiger partial charge in [0, 0.05) is 37.3 Å². The molecule has 0 aliphatic carbocycles. The van der Waals surface area contributed by atoms with Gasteiger partial charge >= 0.3 is 0 Å². The molecule has 3 amide bonds. The third-order valence-corrected chi connectivity index (χ3v) is 4.37. The lowest BCUT2D eigenvalue weighted by atomic mass is 10.2. The van der Waals surface area contributed by atoms with Crippen molar-refractivity contribution in [2.45, 2.75) is 19.8 Å². The van der Waals surface area contributed by atoms with Gasteiger partial charge in [-0.3, -0.25) is 14.4 Å². The van der Waals surface area contributed by atoms with E-state index in [1.54, 1.807) is 41.3 Å². The summed E-state index contributed by atoms with van der Waals surface area (Å²) in [5.74, 6) is 0.447.